The second-order valence-electron chi connectivity index (χ2n) is 5.72. The molecule has 0 bridgehead atoms. The molecule has 0 N–H and O–H groups in total. The van der Waals surface area contributed by atoms with E-state index < -0.39 is 0 Å². The van der Waals surface area contributed by atoms with Crippen molar-refractivity contribution < 1.29 is 0 Å². The third-order valence-corrected chi connectivity index (χ3v) is 5.21. The van der Waals surface area contributed by atoms with Gasteiger partial charge in [0.1, 0.15) is 5.82 Å². The number of hydrogen-bond donors (Lipinski definition) is 1. The first-order valence-corrected chi connectivity index (χ1v) is 8.38. The summed E-state index contributed by atoms with van der Waals surface area (Å²) in [6.07, 6.45) is 4.50. The van der Waals surface area contributed by atoms with Gasteiger partial charge in [0.05, 0.1) is 11.0 Å². The highest BCUT2D eigenvalue weighted by molar-refractivity contribution is 7.80. The van der Waals surface area contributed by atoms with Gasteiger partial charge in [-0.3, -0.25) is 0 Å². The van der Waals surface area contributed by atoms with Crippen LogP contribution >= 0.6 is 12.6 Å². The van der Waals surface area contributed by atoms with E-state index in [9.17, 15) is 0 Å². The summed E-state index contributed by atoms with van der Waals surface area (Å²) in [6.45, 7) is 7.80. The Balaban J connectivity index is 2.48. The number of imidazole rings is 1. The van der Waals surface area contributed by atoms with Gasteiger partial charge < -0.3 is 4.57 Å². The predicted molar refractivity (Wildman–Crippen MR) is 90.6 cm³/mol. The van der Waals surface area contributed by atoms with Gasteiger partial charge in [0, 0.05) is 13.0 Å². The fraction of sp³-hybridized carbons (Fsp3) is 0.588. The molecule has 0 unspecified atom stereocenters. The maximum atomic E-state index is 4.83. The van der Waals surface area contributed by atoms with Gasteiger partial charge in [-0.25, -0.2) is 4.98 Å². The highest BCUT2D eigenvalue weighted by atomic mass is 32.1. The number of fused-ring (bicyclic) bond motifs is 1. The summed E-state index contributed by atoms with van der Waals surface area (Å²) >= 11 is 4.62. The van der Waals surface area contributed by atoms with Crippen LogP contribution in [0.4, 0.5) is 0 Å². The summed E-state index contributed by atoms with van der Waals surface area (Å²) in [6, 6.07) is 8.48. The summed E-state index contributed by atoms with van der Waals surface area (Å²) < 4.78 is 2.43. The van der Waals surface area contributed by atoms with Crippen LogP contribution < -0.4 is 0 Å². The van der Waals surface area contributed by atoms with E-state index in [2.05, 4.69) is 62.2 Å². The Hall–Kier alpha value is -0.960. The molecule has 3 heteroatoms. The van der Waals surface area contributed by atoms with Crippen molar-refractivity contribution in [1.29, 1.82) is 0 Å². The van der Waals surface area contributed by atoms with Gasteiger partial charge in [0.2, 0.25) is 0 Å². The highest BCUT2D eigenvalue weighted by Gasteiger charge is 2.27. The first-order valence-electron chi connectivity index (χ1n) is 7.74. The Morgan fingerprint density at radius 1 is 1.15 bits per heavy atom. The molecule has 1 aromatic carbocycles. The Morgan fingerprint density at radius 3 is 2.45 bits per heavy atom. The summed E-state index contributed by atoms with van der Waals surface area (Å²) in [5, 5.41) is 0. The molecular formula is C17H26N2S. The number of nitrogens with zero attached hydrogens (tertiary/aromatic N) is 2. The molecule has 0 spiro atoms. The number of aryl methyl sites for hydroxylation is 1. The normalized spacial score (nSPS) is 12.2. The quantitative estimate of drug-likeness (QED) is 0.730. The largest absolute Gasteiger partial charge is 0.327 e. The van der Waals surface area contributed by atoms with E-state index in [0.29, 0.717) is 0 Å². The van der Waals surface area contributed by atoms with E-state index in [1.165, 1.54) is 11.3 Å². The lowest BCUT2D eigenvalue weighted by Gasteiger charge is -2.31. The number of thiol groups is 1. The maximum absolute atomic E-state index is 4.83. The lowest BCUT2D eigenvalue weighted by Crippen LogP contribution is -2.28. The van der Waals surface area contributed by atoms with Gasteiger partial charge in [0.25, 0.3) is 0 Å². The van der Waals surface area contributed by atoms with E-state index in [4.69, 9.17) is 4.98 Å². The first kappa shape index (κ1) is 15.4. The van der Waals surface area contributed by atoms with Crippen molar-refractivity contribution in [2.24, 2.45) is 5.41 Å². The molecule has 0 aliphatic rings. The molecule has 2 aromatic rings. The smallest absolute Gasteiger partial charge is 0.109 e. The summed E-state index contributed by atoms with van der Waals surface area (Å²) in [5.74, 6) is 2.15. The molecule has 0 saturated carbocycles. The molecule has 0 fully saturated rings. The van der Waals surface area contributed by atoms with E-state index in [1.807, 2.05) is 0 Å². The van der Waals surface area contributed by atoms with Crippen LogP contribution in [0.1, 0.15) is 45.9 Å². The van der Waals surface area contributed by atoms with Crippen LogP contribution in [0.5, 0.6) is 0 Å². The second-order valence-corrected chi connectivity index (χ2v) is 6.03. The molecule has 20 heavy (non-hydrogen) atoms. The van der Waals surface area contributed by atoms with E-state index in [1.54, 1.807) is 0 Å². The number of hydrogen-bond acceptors (Lipinski definition) is 2. The average molecular weight is 290 g/mol. The first-order chi connectivity index (χ1) is 9.69. The fourth-order valence-electron chi connectivity index (χ4n) is 2.80. The number of benzene rings is 1. The van der Waals surface area contributed by atoms with Crippen molar-refractivity contribution in [2.75, 3.05) is 5.75 Å². The van der Waals surface area contributed by atoms with Crippen molar-refractivity contribution in [3.63, 3.8) is 0 Å². The van der Waals surface area contributed by atoms with Crippen molar-refractivity contribution in [3.05, 3.63) is 30.1 Å². The summed E-state index contributed by atoms with van der Waals surface area (Å²) in [4.78, 5) is 4.83. The van der Waals surface area contributed by atoms with Crippen LogP contribution in [0.25, 0.3) is 11.0 Å². The minimum atomic E-state index is 0.273. The molecule has 0 radical (unpaired) electrons. The molecular weight excluding hydrogens is 264 g/mol. The molecule has 110 valence electrons. The van der Waals surface area contributed by atoms with Crippen LogP contribution in [0.15, 0.2) is 24.3 Å². The molecule has 2 nitrogen and oxygen atoms in total. The SMILES string of the molecule is CCCc1nc2ccccc2n1CC(CC)(CC)CS. The van der Waals surface area contributed by atoms with Crippen LogP contribution in [0.2, 0.25) is 0 Å². The highest BCUT2D eigenvalue weighted by Crippen LogP contribution is 2.32. The van der Waals surface area contributed by atoms with Crippen LogP contribution in [0.3, 0.4) is 0 Å². The minimum Gasteiger partial charge on any atom is -0.327 e. The standard InChI is InChI=1S/C17H26N2S/c1-4-9-16-18-14-10-7-8-11-15(14)19(16)12-17(5-2,6-3)13-20/h7-8,10-11,20H,4-6,9,12-13H2,1-3H3. The van der Waals surface area contributed by atoms with Gasteiger partial charge in [-0.05, 0) is 42.6 Å². The van der Waals surface area contributed by atoms with Gasteiger partial charge in [-0.1, -0.05) is 32.9 Å². The molecule has 0 saturated heterocycles. The van der Waals surface area contributed by atoms with Crippen LogP contribution in [-0.4, -0.2) is 15.3 Å². The molecule has 0 aliphatic heterocycles. The Kier molecular flexibility index (Phi) is 5.14. The zero-order valence-electron chi connectivity index (χ0n) is 12.9. The minimum absolute atomic E-state index is 0.273. The van der Waals surface area contributed by atoms with Gasteiger partial charge >= 0.3 is 0 Å². The Labute approximate surface area is 128 Å². The summed E-state index contributed by atoms with van der Waals surface area (Å²) in [7, 11) is 0. The molecule has 1 heterocycles. The summed E-state index contributed by atoms with van der Waals surface area (Å²) in [5.41, 5.74) is 2.66. The lowest BCUT2D eigenvalue weighted by molar-refractivity contribution is 0.258. The second kappa shape index (κ2) is 6.66. The van der Waals surface area contributed by atoms with Crippen molar-refractivity contribution in [3.8, 4) is 0 Å². The number of aromatic nitrogens is 2. The van der Waals surface area contributed by atoms with Gasteiger partial charge in [-0.15, -0.1) is 0 Å². The topological polar surface area (TPSA) is 17.8 Å². The fourth-order valence-corrected chi connectivity index (χ4v) is 3.35. The Morgan fingerprint density at radius 2 is 1.85 bits per heavy atom. The maximum Gasteiger partial charge on any atom is 0.109 e. The van der Waals surface area contributed by atoms with Crippen LogP contribution in [-0.2, 0) is 13.0 Å². The predicted octanol–water partition coefficient (Wildman–Crippen LogP) is 4.73. The van der Waals surface area contributed by atoms with Crippen molar-refractivity contribution in [2.45, 2.75) is 53.0 Å². The number of para-hydroxylation sites is 2. The number of rotatable bonds is 7. The lowest BCUT2D eigenvalue weighted by atomic mass is 9.84. The van der Waals surface area contributed by atoms with Crippen molar-refractivity contribution >= 4 is 23.7 Å². The monoisotopic (exact) mass is 290 g/mol. The van der Waals surface area contributed by atoms with Crippen molar-refractivity contribution in [1.82, 2.24) is 9.55 Å². The Bertz CT molecular complexity index is 547. The third kappa shape index (κ3) is 2.88. The van der Waals surface area contributed by atoms with E-state index in [-0.39, 0.29) is 5.41 Å². The molecule has 2 rings (SSSR count). The third-order valence-electron chi connectivity index (χ3n) is 4.54. The van der Waals surface area contributed by atoms with Gasteiger partial charge in [0.15, 0.2) is 0 Å². The van der Waals surface area contributed by atoms with Gasteiger partial charge in [-0.2, -0.15) is 12.6 Å². The van der Waals surface area contributed by atoms with Crippen LogP contribution in [0, 0.1) is 5.41 Å². The zero-order chi connectivity index (χ0) is 14.6. The molecule has 0 atom stereocenters. The van der Waals surface area contributed by atoms with E-state index in [0.717, 1.165) is 43.5 Å². The average Bonchev–Trinajstić information content (AvgIpc) is 2.83. The zero-order valence-corrected chi connectivity index (χ0v) is 13.8. The molecule has 0 aliphatic carbocycles. The molecule has 1 aromatic heterocycles. The molecule has 0 amide bonds. The van der Waals surface area contributed by atoms with E-state index >= 15 is 0 Å².